The summed E-state index contributed by atoms with van der Waals surface area (Å²) in [5.74, 6) is 0.381. The Morgan fingerprint density at radius 1 is 0.491 bits per heavy atom. The normalized spacial score (nSPS) is 16.8. The van der Waals surface area contributed by atoms with Crippen LogP contribution in [0.2, 0.25) is 0 Å². The maximum absolute atomic E-state index is 2.55. The van der Waals surface area contributed by atoms with Gasteiger partial charge in [-0.15, -0.1) is 0 Å². The lowest BCUT2D eigenvalue weighted by Gasteiger charge is -2.32. The van der Waals surface area contributed by atoms with Gasteiger partial charge in [-0.25, -0.2) is 0 Å². The Morgan fingerprint density at radius 2 is 1.00 bits per heavy atom. The fourth-order valence-corrected chi connectivity index (χ4v) is 8.85. The fraction of sp³-hybridized carbons (Fsp3) is 0.0909. The summed E-state index contributed by atoms with van der Waals surface area (Å²) in [7, 11) is 0. The highest BCUT2D eigenvalue weighted by Gasteiger charge is 2.38. The molecule has 3 aliphatic rings. The van der Waals surface area contributed by atoms with Crippen LogP contribution in [0, 0.1) is 5.92 Å². The van der Waals surface area contributed by atoms with Gasteiger partial charge in [-0.05, 0) is 130 Å². The molecule has 2 aliphatic carbocycles. The second-order valence-corrected chi connectivity index (χ2v) is 15.3. The number of nitrogens with zero attached hydrogens (tertiary/aromatic N) is 2. The first-order valence-corrected chi connectivity index (χ1v) is 20.2. The average Bonchev–Trinajstić information content (AvgIpc) is 3.63. The van der Waals surface area contributed by atoms with E-state index >= 15 is 0 Å². The summed E-state index contributed by atoms with van der Waals surface area (Å²) in [6.45, 7) is 2.34. The van der Waals surface area contributed by atoms with Crippen molar-refractivity contribution in [3.05, 3.63) is 224 Å². The molecule has 2 atom stereocenters. The molecule has 0 fully saturated rings. The third-order valence-electron chi connectivity index (χ3n) is 11.8. The van der Waals surface area contributed by atoms with Crippen molar-refractivity contribution in [2.24, 2.45) is 5.92 Å². The molecule has 1 heterocycles. The van der Waals surface area contributed by atoms with Crippen LogP contribution in [0.1, 0.15) is 30.9 Å². The van der Waals surface area contributed by atoms with E-state index < -0.39 is 0 Å². The third kappa shape index (κ3) is 6.64. The molecule has 7 aromatic rings. The smallest absolute Gasteiger partial charge is 0.0658 e. The van der Waals surface area contributed by atoms with E-state index in [9.17, 15) is 0 Å². The van der Waals surface area contributed by atoms with Gasteiger partial charge in [0, 0.05) is 34.0 Å². The molecule has 0 amide bonds. The molecule has 57 heavy (non-hydrogen) atoms. The Hall–Kier alpha value is -6.90. The Labute approximate surface area is 336 Å². The summed E-state index contributed by atoms with van der Waals surface area (Å²) in [5.41, 5.74) is 18.6. The highest BCUT2D eigenvalue weighted by atomic mass is 15.2. The van der Waals surface area contributed by atoms with Crippen LogP contribution in [-0.2, 0) is 0 Å². The molecule has 274 valence electrons. The highest BCUT2D eigenvalue weighted by molar-refractivity contribution is 5.95. The van der Waals surface area contributed by atoms with Crippen molar-refractivity contribution in [3.8, 4) is 33.4 Å². The second kappa shape index (κ2) is 15.0. The molecule has 0 saturated heterocycles. The summed E-state index contributed by atoms with van der Waals surface area (Å²) in [6.07, 6.45) is 15.7. The van der Waals surface area contributed by atoms with Crippen molar-refractivity contribution in [1.82, 2.24) is 0 Å². The van der Waals surface area contributed by atoms with E-state index in [1.165, 1.54) is 67.0 Å². The van der Waals surface area contributed by atoms with E-state index in [2.05, 4.69) is 229 Å². The number of benzene rings is 7. The molecule has 1 aliphatic heterocycles. The predicted molar refractivity (Wildman–Crippen MR) is 242 cm³/mol. The van der Waals surface area contributed by atoms with Gasteiger partial charge < -0.3 is 9.80 Å². The Balaban J connectivity index is 0.983. The van der Waals surface area contributed by atoms with Crippen LogP contribution in [0.5, 0.6) is 0 Å². The zero-order valence-electron chi connectivity index (χ0n) is 32.2. The van der Waals surface area contributed by atoms with Crippen molar-refractivity contribution >= 4 is 39.6 Å². The molecule has 2 unspecified atom stereocenters. The quantitative estimate of drug-likeness (QED) is 0.153. The second-order valence-electron chi connectivity index (χ2n) is 15.3. The highest BCUT2D eigenvalue weighted by Crippen LogP contribution is 2.50. The maximum Gasteiger partial charge on any atom is 0.0658 e. The van der Waals surface area contributed by atoms with Crippen LogP contribution in [0.15, 0.2) is 212 Å². The molecule has 2 heteroatoms. The minimum atomic E-state index is 0.254. The molecule has 10 rings (SSSR count). The molecular formula is C55H44N2. The van der Waals surface area contributed by atoms with Crippen LogP contribution in [0.4, 0.5) is 28.4 Å². The Morgan fingerprint density at radius 3 is 1.56 bits per heavy atom. The van der Waals surface area contributed by atoms with Crippen LogP contribution < -0.4 is 9.80 Å². The van der Waals surface area contributed by atoms with Gasteiger partial charge in [0.25, 0.3) is 0 Å². The summed E-state index contributed by atoms with van der Waals surface area (Å²) in [6, 6.07) is 64.7. The van der Waals surface area contributed by atoms with Crippen molar-refractivity contribution in [2.75, 3.05) is 9.80 Å². The molecule has 0 saturated carbocycles. The number of rotatable bonds is 8. The fourth-order valence-electron chi connectivity index (χ4n) is 8.85. The van der Waals surface area contributed by atoms with Gasteiger partial charge in [-0.3, -0.25) is 0 Å². The first kappa shape index (κ1) is 34.6. The van der Waals surface area contributed by atoms with Crippen molar-refractivity contribution in [3.63, 3.8) is 0 Å². The Bertz CT molecular complexity index is 2650. The zero-order valence-corrected chi connectivity index (χ0v) is 32.2. The monoisotopic (exact) mass is 732 g/mol. The molecular weight excluding hydrogens is 689 g/mol. The van der Waals surface area contributed by atoms with Crippen molar-refractivity contribution < 1.29 is 0 Å². The first-order chi connectivity index (χ1) is 28.2. The average molecular weight is 733 g/mol. The minimum absolute atomic E-state index is 0.254. The summed E-state index contributed by atoms with van der Waals surface area (Å²) in [5, 5.41) is 0. The number of hydrogen-bond acceptors (Lipinski definition) is 2. The predicted octanol–water partition coefficient (Wildman–Crippen LogP) is 15.0. The summed E-state index contributed by atoms with van der Waals surface area (Å²) in [4.78, 5) is 4.91. The van der Waals surface area contributed by atoms with E-state index in [1.807, 2.05) is 0 Å². The van der Waals surface area contributed by atoms with Gasteiger partial charge >= 0.3 is 0 Å². The van der Waals surface area contributed by atoms with Crippen LogP contribution >= 0.6 is 0 Å². The molecule has 0 N–H and O–H groups in total. The van der Waals surface area contributed by atoms with Crippen LogP contribution in [-0.4, -0.2) is 6.04 Å². The number of allylic oxidation sites excluding steroid dienone is 6. The van der Waals surface area contributed by atoms with Gasteiger partial charge in [0.2, 0.25) is 0 Å². The van der Waals surface area contributed by atoms with E-state index in [1.54, 1.807) is 0 Å². The van der Waals surface area contributed by atoms with E-state index in [-0.39, 0.29) is 6.04 Å². The van der Waals surface area contributed by atoms with Gasteiger partial charge in [0.1, 0.15) is 0 Å². The van der Waals surface area contributed by atoms with Crippen LogP contribution in [0.3, 0.4) is 0 Å². The van der Waals surface area contributed by atoms with Crippen LogP contribution in [0.25, 0.3) is 44.5 Å². The zero-order chi connectivity index (χ0) is 38.1. The molecule has 0 spiro atoms. The molecule has 2 nitrogen and oxygen atoms in total. The van der Waals surface area contributed by atoms with Gasteiger partial charge in [-0.2, -0.15) is 0 Å². The topological polar surface area (TPSA) is 6.48 Å². The lowest BCUT2D eigenvalue weighted by molar-refractivity contribution is 0.637. The van der Waals surface area contributed by atoms with E-state index in [0.717, 1.165) is 29.9 Å². The van der Waals surface area contributed by atoms with Crippen molar-refractivity contribution in [1.29, 1.82) is 0 Å². The molecule has 0 radical (unpaired) electrons. The largest absolute Gasteiger partial charge is 0.333 e. The first-order valence-electron chi connectivity index (χ1n) is 20.2. The van der Waals surface area contributed by atoms with E-state index in [4.69, 9.17) is 0 Å². The maximum atomic E-state index is 2.55. The lowest BCUT2D eigenvalue weighted by Crippen LogP contribution is -2.33. The summed E-state index contributed by atoms with van der Waals surface area (Å²) >= 11 is 0. The molecule has 0 aromatic heterocycles. The minimum Gasteiger partial charge on any atom is -0.333 e. The number of anilines is 5. The molecule has 7 aromatic carbocycles. The number of fused-ring (bicyclic) bond motifs is 3. The molecule has 0 bridgehead atoms. The van der Waals surface area contributed by atoms with Crippen molar-refractivity contribution in [2.45, 2.75) is 25.8 Å². The van der Waals surface area contributed by atoms with Gasteiger partial charge in [0.15, 0.2) is 0 Å². The Kier molecular flexibility index (Phi) is 9.08. The van der Waals surface area contributed by atoms with E-state index in [0.29, 0.717) is 5.92 Å². The summed E-state index contributed by atoms with van der Waals surface area (Å²) < 4.78 is 0. The standard InChI is InChI=1S/C55H44N2/c1-39-12-11-19-52-53-38-47(28-37-54(53)57(55(39)52)51-35-24-45(25-36-51)42-17-9-4-10-18-42)46-26-33-50(34-27-46)56(48-29-20-43(21-30-48)40-13-5-2-6-14-40)49-31-22-44(23-32-49)41-15-7-3-8-16-41/h2-7,9-15,17-39,55H,8,16H2,1H3. The van der Waals surface area contributed by atoms with Gasteiger partial charge in [0.05, 0.1) is 6.04 Å². The number of hydrogen-bond donors (Lipinski definition) is 0. The van der Waals surface area contributed by atoms with Gasteiger partial charge in [-0.1, -0.05) is 159 Å². The third-order valence-corrected chi connectivity index (χ3v) is 11.8. The SMILES string of the molecule is CC1C=CC=C2c3cc(-c4ccc(N(c5ccc(C6=CC=CCC6)cc5)c5ccc(-c6ccccc6)cc5)cc4)ccc3N(c3ccc(-c4ccccc4)cc3)C21. The lowest BCUT2D eigenvalue weighted by atomic mass is 9.87.